The number of fused-ring (bicyclic) bond motifs is 1. The van der Waals surface area contributed by atoms with Crippen molar-refractivity contribution < 1.29 is 27.8 Å². The molecule has 0 radical (unpaired) electrons. The fourth-order valence-electron chi connectivity index (χ4n) is 1.88. The zero-order chi connectivity index (χ0) is 14.4. The first-order chi connectivity index (χ1) is 8.70. The van der Waals surface area contributed by atoms with Crippen LogP contribution in [0.2, 0.25) is 0 Å². The van der Waals surface area contributed by atoms with E-state index in [1.54, 1.807) is 19.9 Å². The van der Waals surface area contributed by atoms with Crippen molar-refractivity contribution in [2.24, 2.45) is 0 Å². The second kappa shape index (κ2) is 4.29. The van der Waals surface area contributed by atoms with E-state index in [0.717, 1.165) is 17.2 Å². The third-order valence-corrected chi connectivity index (χ3v) is 3.01. The van der Waals surface area contributed by atoms with Crippen molar-refractivity contribution in [2.45, 2.75) is 26.1 Å². The molecule has 0 unspecified atom stereocenters. The van der Waals surface area contributed by atoms with Crippen molar-refractivity contribution in [1.82, 2.24) is 0 Å². The van der Waals surface area contributed by atoms with Crippen molar-refractivity contribution in [1.29, 1.82) is 0 Å². The molecule has 1 aliphatic heterocycles. The quantitative estimate of drug-likeness (QED) is 0.854. The molecule has 1 aromatic carbocycles. The van der Waals surface area contributed by atoms with Crippen LogP contribution in [-0.4, -0.2) is 23.4 Å². The lowest BCUT2D eigenvalue weighted by molar-refractivity contribution is -0.187. The predicted molar refractivity (Wildman–Crippen MR) is 62.0 cm³/mol. The summed E-state index contributed by atoms with van der Waals surface area (Å²) in [5.74, 6) is -1.58. The van der Waals surface area contributed by atoms with E-state index in [-0.39, 0.29) is 5.75 Å². The van der Waals surface area contributed by atoms with Crippen LogP contribution in [0.3, 0.4) is 0 Å². The molecule has 6 heteroatoms. The topological polar surface area (TPSA) is 46.5 Å². The van der Waals surface area contributed by atoms with Crippen LogP contribution < -0.4 is 4.74 Å². The third-order valence-electron chi connectivity index (χ3n) is 3.01. The molecule has 0 aliphatic carbocycles. The summed E-state index contributed by atoms with van der Waals surface area (Å²) in [6.07, 6.45) is -6.17. The van der Waals surface area contributed by atoms with Crippen LogP contribution >= 0.6 is 0 Å². The molecule has 1 N–H and O–H groups in total. The first-order valence-corrected chi connectivity index (χ1v) is 5.49. The summed E-state index contributed by atoms with van der Waals surface area (Å²) >= 11 is 0. The number of hydrogen-bond acceptors (Lipinski definition) is 2. The normalized spacial score (nSPS) is 18.4. The van der Waals surface area contributed by atoms with Gasteiger partial charge in [-0.2, -0.15) is 13.2 Å². The molecule has 0 spiro atoms. The van der Waals surface area contributed by atoms with Crippen LogP contribution in [0.5, 0.6) is 5.75 Å². The average Bonchev–Trinajstić information content (AvgIpc) is 2.27. The van der Waals surface area contributed by atoms with E-state index in [1.165, 1.54) is 6.07 Å². The fraction of sp³-hybridized carbons (Fsp3) is 0.308. The molecule has 0 aromatic heterocycles. The SMILES string of the molecule is Cc1cc2c(cc1C)O[C@@H](C(F)(F)F)C(C(=O)O)=C2. The molecule has 19 heavy (non-hydrogen) atoms. The van der Waals surface area contributed by atoms with E-state index in [1.807, 2.05) is 0 Å². The number of carbonyl (C=O) groups is 1. The van der Waals surface area contributed by atoms with Crippen LogP contribution in [0.4, 0.5) is 13.2 Å². The van der Waals surface area contributed by atoms with Crippen LogP contribution in [0, 0.1) is 13.8 Å². The van der Waals surface area contributed by atoms with E-state index >= 15 is 0 Å². The van der Waals surface area contributed by atoms with E-state index in [2.05, 4.69) is 0 Å². The first-order valence-electron chi connectivity index (χ1n) is 5.49. The van der Waals surface area contributed by atoms with E-state index < -0.39 is 23.8 Å². The second-order valence-electron chi connectivity index (χ2n) is 4.42. The van der Waals surface area contributed by atoms with Gasteiger partial charge in [-0.25, -0.2) is 4.79 Å². The number of hydrogen-bond donors (Lipinski definition) is 1. The standard InChI is InChI=1S/C13H11F3O3/c1-6-3-8-5-9(12(17)18)11(13(14,15)16)19-10(8)4-7(6)2/h3-5,11H,1-2H3,(H,17,18)/t11-/m1/s1. The van der Waals surface area contributed by atoms with Gasteiger partial charge in [0.05, 0.1) is 5.57 Å². The van der Waals surface area contributed by atoms with Gasteiger partial charge in [0, 0.05) is 5.56 Å². The van der Waals surface area contributed by atoms with Gasteiger partial charge in [0.1, 0.15) is 5.75 Å². The minimum atomic E-state index is -4.76. The number of carboxylic acid groups (broad SMARTS) is 1. The highest BCUT2D eigenvalue weighted by molar-refractivity contribution is 5.95. The Morgan fingerprint density at radius 1 is 1.26 bits per heavy atom. The largest absolute Gasteiger partial charge is 0.478 e. The summed E-state index contributed by atoms with van der Waals surface area (Å²) in [5.41, 5.74) is 1.19. The van der Waals surface area contributed by atoms with Gasteiger partial charge in [-0.1, -0.05) is 0 Å². The van der Waals surface area contributed by atoms with Gasteiger partial charge in [-0.15, -0.1) is 0 Å². The lowest BCUT2D eigenvalue weighted by Crippen LogP contribution is -2.40. The van der Waals surface area contributed by atoms with E-state index in [9.17, 15) is 18.0 Å². The highest BCUT2D eigenvalue weighted by atomic mass is 19.4. The zero-order valence-corrected chi connectivity index (χ0v) is 10.2. The zero-order valence-electron chi connectivity index (χ0n) is 10.2. The molecular weight excluding hydrogens is 261 g/mol. The maximum atomic E-state index is 12.8. The van der Waals surface area contributed by atoms with Gasteiger partial charge in [0.25, 0.3) is 0 Å². The lowest BCUT2D eigenvalue weighted by atomic mass is 9.98. The molecule has 0 bridgehead atoms. The van der Waals surface area contributed by atoms with Crippen LogP contribution in [0.25, 0.3) is 6.08 Å². The Balaban J connectivity index is 2.57. The van der Waals surface area contributed by atoms with Gasteiger partial charge in [0.15, 0.2) is 0 Å². The van der Waals surface area contributed by atoms with E-state index in [0.29, 0.717) is 5.56 Å². The number of ether oxygens (including phenoxy) is 1. The number of benzene rings is 1. The molecule has 1 aliphatic rings. The predicted octanol–water partition coefficient (Wildman–Crippen LogP) is 3.09. The second-order valence-corrected chi connectivity index (χ2v) is 4.42. The minimum absolute atomic E-state index is 0.0513. The van der Waals surface area contributed by atoms with E-state index in [4.69, 9.17) is 9.84 Å². The maximum absolute atomic E-state index is 12.8. The minimum Gasteiger partial charge on any atom is -0.478 e. The van der Waals surface area contributed by atoms with Gasteiger partial charge in [0.2, 0.25) is 6.10 Å². The van der Waals surface area contributed by atoms with Crippen molar-refractivity contribution in [2.75, 3.05) is 0 Å². The van der Waals surface area contributed by atoms with Gasteiger partial charge < -0.3 is 9.84 Å². The monoisotopic (exact) mass is 272 g/mol. The van der Waals surface area contributed by atoms with Crippen LogP contribution in [0.1, 0.15) is 16.7 Å². The van der Waals surface area contributed by atoms with Crippen molar-refractivity contribution in [3.8, 4) is 5.75 Å². The molecule has 0 saturated heterocycles. The van der Waals surface area contributed by atoms with Gasteiger partial charge in [-0.05, 0) is 43.2 Å². The number of alkyl halides is 3. The molecule has 1 atom stereocenters. The molecule has 0 amide bonds. The number of rotatable bonds is 1. The molecule has 3 nitrogen and oxygen atoms in total. The van der Waals surface area contributed by atoms with Gasteiger partial charge >= 0.3 is 12.1 Å². The Bertz CT molecular complexity index is 573. The summed E-state index contributed by atoms with van der Waals surface area (Å²) in [5, 5.41) is 8.87. The molecule has 102 valence electrons. The van der Waals surface area contributed by atoms with Crippen LogP contribution in [-0.2, 0) is 4.79 Å². The Kier molecular flexibility index (Phi) is 3.04. The number of halogens is 3. The molecule has 0 fully saturated rings. The fourth-order valence-corrected chi connectivity index (χ4v) is 1.88. The summed E-state index contributed by atoms with van der Waals surface area (Å²) in [4.78, 5) is 10.9. The average molecular weight is 272 g/mol. The van der Waals surface area contributed by atoms with Gasteiger partial charge in [-0.3, -0.25) is 0 Å². The van der Waals surface area contributed by atoms with Crippen molar-refractivity contribution >= 4 is 12.0 Å². The summed E-state index contributed by atoms with van der Waals surface area (Å²) in [6.45, 7) is 3.54. The van der Waals surface area contributed by atoms with Crippen LogP contribution in [0.15, 0.2) is 17.7 Å². The van der Waals surface area contributed by atoms with Crippen molar-refractivity contribution in [3.63, 3.8) is 0 Å². The highest BCUT2D eigenvalue weighted by Crippen LogP contribution is 2.38. The third kappa shape index (κ3) is 2.43. The summed E-state index contributed by atoms with van der Waals surface area (Å²) in [6, 6.07) is 3.10. The number of carboxylic acids is 1. The Hall–Kier alpha value is -1.98. The maximum Gasteiger partial charge on any atom is 0.430 e. The summed E-state index contributed by atoms with van der Waals surface area (Å²) < 4.78 is 43.2. The Morgan fingerprint density at radius 3 is 2.37 bits per heavy atom. The Morgan fingerprint density at radius 2 is 1.84 bits per heavy atom. The molecular formula is C13H11F3O3. The molecule has 1 aromatic rings. The molecule has 2 rings (SSSR count). The van der Waals surface area contributed by atoms with Crippen molar-refractivity contribution in [3.05, 3.63) is 34.4 Å². The number of aliphatic carboxylic acids is 1. The highest BCUT2D eigenvalue weighted by Gasteiger charge is 2.48. The first kappa shape index (κ1) is 13.5. The Labute approximate surface area is 107 Å². The smallest absolute Gasteiger partial charge is 0.430 e. The summed E-state index contributed by atoms with van der Waals surface area (Å²) in [7, 11) is 0. The lowest BCUT2D eigenvalue weighted by Gasteiger charge is -2.27. The molecule has 0 saturated carbocycles. The number of aryl methyl sites for hydroxylation is 2. The molecule has 1 heterocycles.